The van der Waals surface area contributed by atoms with Gasteiger partial charge in [0.25, 0.3) is 5.91 Å². The van der Waals surface area contributed by atoms with Crippen LogP contribution in [0, 0.1) is 5.82 Å². The number of carbonyl (C=O) groups excluding carboxylic acids is 1. The molecule has 3 rings (SSSR count). The van der Waals surface area contributed by atoms with Gasteiger partial charge in [0.2, 0.25) is 15.9 Å². The average molecular weight is 549 g/mol. The zero-order valence-corrected chi connectivity index (χ0v) is 20.1. The number of aromatic nitrogens is 1. The van der Waals surface area contributed by atoms with E-state index in [0.717, 1.165) is 36.6 Å². The molecule has 36 heavy (non-hydrogen) atoms. The second-order valence-corrected chi connectivity index (χ2v) is 9.22. The Hall–Kier alpha value is -3.58. The molecule has 0 aliphatic rings. The Morgan fingerprint density at radius 1 is 1.11 bits per heavy atom. The third-order valence-electron chi connectivity index (χ3n) is 4.29. The summed E-state index contributed by atoms with van der Waals surface area (Å²) in [6.45, 7) is 1.90. The summed E-state index contributed by atoms with van der Waals surface area (Å²) < 4.78 is 92.1. The maximum absolute atomic E-state index is 14.9. The first-order chi connectivity index (χ1) is 16.8. The van der Waals surface area contributed by atoms with Gasteiger partial charge in [-0.3, -0.25) is 4.79 Å². The number of pyridine rings is 1. The summed E-state index contributed by atoms with van der Waals surface area (Å²) in [6, 6.07) is 7.93. The molecule has 3 aromatic rings. The molecule has 1 heterocycles. The number of alkyl halides is 3. The number of rotatable bonds is 8. The quantitative estimate of drug-likeness (QED) is 0.380. The van der Waals surface area contributed by atoms with Crippen LogP contribution in [0.1, 0.15) is 17.3 Å². The van der Waals surface area contributed by atoms with E-state index >= 15 is 0 Å². The van der Waals surface area contributed by atoms with Gasteiger partial charge in [0.05, 0.1) is 23.4 Å². The summed E-state index contributed by atoms with van der Waals surface area (Å²) in [5, 5.41) is -0.438. The number of benzene rings is 2. The van der Waals surface area contributed by atoms with Crippen molar-refractivity contribution in [3.05, 3.63) is 65.1 Å². The number of nitrogens with zero attached hydrogens (tertiary/aromatic N) is 1. The number of ether oxygens (including phenoxy) is 3. The lowest BCUT2D eigenvalue weighted by atomic mass is 10.0. The number of hydrogen-bond acceptors (Lipinski definition) is 7. The molecular weight excluding hydrogens is 532 g/mol. The lowest BCUT2D eigenvalue weighted by molar-refractivity contribution is -0.274. The van der Waals surface area contributed by atoms with E-state index in [1.807, 2.05) is 0 Å². The number of hydrogen-bond donors (Lipinski definition) is 1. The van der Waals surface area contributed by atoms with Crippen LogP contribution in [0.2, 0.25) is 5.02 Å². The summed E-state index contributed by atoms with van der Waals surface area (Å²) >= 11 is 5.87. The van der Waals surface area contributed by atoms with E-state index in [4.69, 9.17) is 21.1 Å². The molecule has 0 spiro atoms. The van der Waals surface area contributed by atoms with E-state index in [9.17, 15) is 30.8 Å². The second kappa shape index (κ2) is 10.6. The van der Waals surface area contributed by atoms with Crippen molar-refractivity contribution in [3.8, 4) is 34.3 Å². The van der Waals surface area contributed by atoms with E-state index in [1.165, 1.54) is 18.3 Å². The first-order valence-electron chi connectivity index (χ1n) is 9.94. The van der Waals surface area contributed by atoms with Crippen LogP contribution in [-0.2, 0) is 10.0 Å². The van der Waals surface area contributed by atoms with Gasteiger partial charge in [-0.15, -0.1) is 13.2 Å². The van der Waals surface area contributed by atoms with Crippen LogP contribution in [0.25, 0.3) is 11.1 Å². The molecule has 0 fully saturated rings. The van der Waals surface area contributed by atoms with Crippen molar-refractivity contribution < 1.29 is 45.0 Å². The summed E-state index contributed by atoms with van der Waals surface area (Å²) in [5.41, 5.74) is -0.301. The molecule has 2 aromatic carbocycles. The number of amides is 1. The Kier molecular flexibility index (Phi) is 7.94. The van der Waals surface area contributed by atoms with Crippen molar-refractivity contribution in [2.24, 2.45) is 0 Å². The number of sulfonamides is 1. The van der Waals surface area contributed by atoms with Crippen LogP contribution in [0.15, 0.2) is 48.7 Å². The fourth-order valence-corrected chi connectivity index (χ4v) is 3.63. The van der Waals surface area contributed by atoms with Gasteiger partial charge < -0.3 is 14.2 Å². The van der Waals surface area contributed by atoms with Gasteiger partial charge >= 0.3 is 6.36 Å². The Labute approximate surface area is 207 Å². The fourth-order valence-electron chi connectivity index (χ4n) is 2.97. The van der Waals surface area contributed by atoms with Crippen LogP contribution in [0.4, 0.5) is 17.6 Å². The van der Waals surface area contributed by atoms with Crippen molar-refractivity contribution in [2.75, 3.05) is 12.9 Å². The zero-order chi connectivity index (χ0) is 26.7. The Bertz CT molecular complexity index is 1400. The molecular formula is C22H17ClF4N2O6S. The fraction of sp³-hybridized carbons (Fsp3) is 0.182. The molecule has 8 nitrogen and oxygen atoms in total. The molecule has 0 atom stereocenters. The topological polar surface area (TPSA) is 104 Å². The minimum atomic E-state index is -4.97. The summed E-state index contributed by atoms with van der Waals surface area (Å²) in [5.74, 6) is -3.25. The lowest BCUT2D eigenvalue weighted by Crippen LogP contribution is -2.30. The van der Waals surface area contributed by atoms with Crippen molar-refractivity contribution in [1.82, 2.24) is 9.71 Å². The van der Waals surface area contributed by atoms with Gasteiger partial charge in [-0.1, -0.05) is 11.6 Å². The highest BCUT2D eigenvalue weighted by Gasteiger charge is 2.32. The van der Waals surface area contributed by atoms with Crippen molar-refractivity contribution in [1.29, 1.82) is 0 Å². The smallest absolute Gasteiger partial charge is 0.478 e. The van der Waals surface area contributed by atoms with Crippen LogP contribution in [-0.4, -0.2) is 38.5 Å². The molecule has 1 aromatic heterocycles. The molecule has 0 radical (unpaired) electrons. The van der Waals surface area contributed by atoms with E-state index in [-0.39, 0.29) is 35.1 Å². The minimum Gasteiger partial charge on any atom is -0.478 e. The highest BCUT2D eigenvalue weighted by atomic mass is 35.5. The molecule has 192 valence electrons. The highest BCUT2D eigenvalue weighted by Crippen LogP contribution is 2.41. The molecule has 0 saturated carbocycles. The molecule has 0 bridgehead atoms. The first kappa shape index (κ1) is 27.0. The number of nitrogens with one attached hydrogen (secondary N) is 1. The van der Waals surface area contributed by atoms with Crippen LogP contribution >= 0.6 is 11.6 Å². The molecule has 0 saturated heterocycles. The largest absolute Gasteiger partial charge is 0.573 e. The van der Waals surface area contributed by atoms with Crippen LogP contribution in [0.5, 0.6) is 23.1 Å². The second-order valence-electron chi connectivity index (χ2n) is 7.06. The van der Waals surface area contributed by atoms with E-state index < -0.39 is 44.4 Å². The zero-order valence-electron chi connectivity index (χ0n) is 18.5. The van der Waals surface area contributed by atoms with Gasteiger partial charge in [0.1, 0.15) is 23.1 Å². The molecule has 1 amide bonds. The summed E-state index contributed by atoms with van der Waals surface area (Å²) in [6.07, 6.45) is -2.82. The van der Waals surface area contributed by atoms with Gasteiger partial charge in [0, 0.05) is 29.5 Å². The van der Waals surface area contributed by atoms with Crippen molar-refractivity contribution in [2.45, 2.75) is 13.3 Å². The predicted molar refractivity (Wildman–Crippen MR) is 121 cm³/mol. The minimum absolute atomic E-state index is 0.0679. The average Bonchev–Trinajstić information content (AvgIpc) is 2.74. The molecule has 0 unspecified atom stereocenters. The number of halogens is 5. The van der Waals surface area contributed by atoms with E-state index in [2.05, 4.69) is 9.72 Å². The molecule has 0 aliphatic carbocycles. The van der Waals surface area contributed by atoms with Gasteiger partial charge in [-0.05, 0) is 37.3 Å². The molecule has 14 heteroatoms. The van der Waals surface area contributed by atoms with Gasteiger partial charge in [-0.25, -0.2) is 22.5 Å². The Morgan fingerprint density at radius 2 is 1.83 bits per heavy atom. The van der Waals surface area contributed by atoms with Crippen LogP contribution < -0.4 is 18.9 Å². The summed E-state index contributed by atoms with van der Waals surface area (Å²) in [4.78, 5) is 16.5. The normalized spacial score (nSPS) is 11.6. The van der Waals surface area contributed by atoms with Crippen molar-refractivity contribution in [3.63, 3.8) is 0 Å². The lowest BCUT2D eigenvalue weighted by Gasteiger charge is -2.17. The Balaban J connectivity index is 2.12. The predicted octanol–water partition coefficient (Wildman–Crippen LogP) is 5.32. The van der Waals surface area contributed by atoms with Gasteiger partial charge in [-0.2, -0.15) is 0 Å². The standard InChI is InChI=1S/C22H17ClF4N2O6S/c1-3-33-21-13(5-4-8-28-21)14-10-15(20(30)29-36(2,31)32)17(24)11-19(14)34-12-6-7-18(16(23)9-12)35-22(25,26)27/h4-11H,3H2,1-2H3,(H,29,30). The van der Waals surface area contributed by atoms with E-state index in [0.29, 0.717) is 0 Å². The summed E-state index contributed by atoms with van der Waals surface area (Å²) in [7, 11) is -4.00. The van der Waals surface area contributed by atoms with Crippen molar-refractivity contribution >= 4 is 27.5 Å². The third kappa shape index (κ3) is 6.98. The highest BCUT2D eigenvalue weighted by molar-refractivity contribution is 7.89. The number of carbonyl (C=O) groups is 1. The Morgan fingerprint density at radius 3 is 2.44 bits per heavy atom. The molecule has 0 aliphatic heterocycles. The maximum Gasteiger partial charge on any atom is 0.573 e. The maximum atomic E-state index is 14.9. The SMILES string of the molecule is CCOc1ncccc1-c1cc(C(=O)NS(C)(=O)=O)c(F)cc1Oc1ccc(OC(F)(F)F)c(Cl)c1. The first-order valence-corrected chi connectivity index (χ1v) is 12.2. The molecule has 1 N–H and O–H groups in total. The monoisotopic (exact) mass is 548 g/mol. The van der Waals surface area contributed by atoms with Gasteiger partial charge in [0.15, 0.2) is 0 Å². The third-order valence-corrected chi connectivity index (χ3v) is 5.14. The van der Waals surface area contributed by atoms with Crippen LogP contribution in [0.3, 0.4) is 0 Å². The van der Waals surface area contributed by atoms with E-state index in [1.54, 1.807) is 11.6 Å².